The topological polar surface area (TPSA) is 9.23 Å². The predicted molar refractivity (Wildman–Crippen MR) is 155 cm³/mol. The normalized spacial score (nSPS) is 25.5. The van der Waals surface area contributed by atoms with Gasteiger partial charge in [-0.2, -0.15) is 0 Å². The molecule has 0 spiro atoms. The summed E-state index contributed by atoms with van der Waals surface area (Å²) in [5.74, 6) is 3.28. The Labute approximate surface area is 226 Å². The zero-order chi connectivity index (χ0) is 26.0. The maximum Gasteiger partial charge on any atom is 0.126 e. The molecule has 2 saturated carbocycles. The number of methoxy groups -OCH3 is 1. The molecule has 0 radical (unpaired) electrons. The van der Waals surface area contributed by atoms with E-state index in [9.17, 15) is 0 Å². The number of hydrogen-bond acceptors (Lipinski definition) is 1. The summed E-state index contributed by atoms with van der Waals surface area (Å²) in [7, 11) is 1.73. The first-order valence-corrected chi connectivity index (χ1v) is 15.4. The molecule has 0 saturated heterocycles. The lowest BCUT2D eigenvalue weighted by Gasteiger charge is -2.34. The van der Waals surface area contributed by atoms with Crippen LogP contribution < -0.4 is 0 Å². The highest BCUT2D eigenvalue weighted by molar-refractivity contribution is 5.28. The van der Waals surface area contributed by atoms with Gasteiger partial charge in [-0.15, -0.1) is 0 Å². The quantitative estimate of drug-likeness (QED) is 0.218. The van der Waals surface area contributed by atoms with Gasteiger partial charge in [0, 0.05) is 13.7 Å². The van der Waals surface area contributed by atoms with Gasteiger partial charge in [0.25, 0.3) is 0 Å². The SMILES string of the molecule is CCCCCc1ccc(C2CCCC(C3CCC(c4ccc(CC(C)COC)cc4F)CC3)CC2)cc1. The lowest BCUT2D eigenvalue weighted by Crippen LogP contribution is -2.21. The van der Waals surface area contributed by atoms with Gasteiger partial charge in [0.2, 0.25) is 0 Å². The molecular weight excluding hydrogens is 455 g/mol. The van der Waals surface area contributed by atoms with Crippen LogP contribution in [0.2, 0.25) is 0 Å². The average Bonchev–Trinajstić information content (AvgIpc) is 3.16. The monoisotopic (exact) mass is 506 g/mol. The number of benzene rings is 2. The Kier molecular flexibility index (Phi) is 11.1. The van der Waals surface area contributed by atoms with Crippen LogP contribution in [0.5, 0.6) is 0 Å². The Hall–Kier alpha value is -1.67. The summed E-state index contributed by atoms with van der Waals surface area (Å²) in [5.41, 5.74) is 5.13. The first-order chi connectivity index (χ1) is 18.1. The summed E-state index contributed by atoms with van der Waals surface area (Å²) >= 11 is 0. The molecule has 2 aromatic carbocycles. The molecule has 3 unspecified atom stereocenters. The smallest absolute Gasteiger partial charge is 0.126 e. The van der Waals surface area contributed by atoms with Crippen molar-refractivity contribution < 1.29 is 9.13 Å². The minimum atomic E-state index is 0.0132. The van der Waals surface area contributed by atoms with Crippen LogP contribution in [0.3, 0.4) is 0 Å². The van der Waals surface area contributed by atoms with Crippen LogP contribution >= 0.6 is 0 Å². The van der Waals surface area contributed by atoms with Gasteiger partial charge in [0.05, 0.1) is 0 Å². The molecule has 0 N–H and O–H groups in total. The van der Waals surface area contributed by atoms with E-state index < -0.39 is 0 Å². The van der Waals surface area contributed by atoms with Crippen LogP contribution in [-0.4, -0.2) is 13.7 Å². The summed E-state index contributed by atoms with van der Waals surface area (Å²) in [6.07, 6.45) is 17.7. The van der Waals surface area contributed by atoms with Crippen molar-refractivity contribution >= 4 is 0 Å². The highest BCUT2D eigenvalue weighted by Crippen LogP contribution is 2.45. The van der Waals surface area contributed by atoms with Gasteiger partial charge >= 0.3 is 0 Å². The van der Waals surface area contributed by atoms with Crippen LogP contribution in [0.1, 0.15) is 125 Å². The van der Waals surface area contributed by atoms with Gasteiger partial charge in [-0.1, -0.05) is 75.9 Å². The molecule has 2 aromatic rings. The second-order valence-electron chi connectivity index (χ2n) is 12.4. The molecule has 0 aromatic heterocycles. The Morgan fingerprint density at radius 3 is 2.16 bits per heavy atom. The van der Waals surface area contributed by atoms with Crippen molar-refractivity contribution in [3.05, 3.63) is 70.5 Å². The Morgan fingerprint density at radius 1 is 0.811 bits per heavy atom. The molecule has 37 heavy (non-hydrogen) atoms. The molecule has 1 nitrogen and oxygen atoms in total. The van der Waals surface area contributed by atoms with Crippen molar-refractivity contribution in [1.82, 2.24) is 0 Å². The van der Waals surface area contributed by atoms with Crippen LogP contribution in [0.25, 0.3) is 0 Å². The molecule has 0 heterocycles. The van der Waals surface area contributed by atoms with Gasteiger partial charge in [-0.05, 0) is 122 Å². The first-order valence-electron chi connectivity index (χ1n) is 15.4. The second kappa shape index (κ2) is 14.5. The largest absolute Gasteiger partial charge is 0.384 e. The van der Waals surface area contributed by atoms with Crippen LogP contribution in [-0.2, 0) is 17.6 Å². The van der Waals surface area contributed by atoms with E-state index in [4.69, 9.17) is 4.74 Å². The second-order valence-corrected chi connectivity index (χ2v) is 12.4. The molecule has 2 aliphatic rings. The fraction of sp³-hybridized carbons (Fsp3) is 0.657. The summed E-state index contributed by atoms with van der Waals surface area (Å²) in [5, 5.41) is 0. The number of rotatable bonds is 11. The minimum absolute atomic E-state index is 0.0132. The van der Waals surface area contributed by atoms with E-state index in [1.807, 2.05) is 0 Å². The van der Waals surface area contributed by atoms with Crippen LogP contribution in [0.4, 0.5) is 4.39 Å². The van der Waals surface area contributed by atoms with Crippen molar-refractivity contribution in [1.29, 1.82) is 0 Å². The standard InChI is InChI=1S/C35H51FO/c1-4-5-6-8-27-11-14-31(15-12-27)29-9-7-10-30(17-16-29)32-18-20-33(21-19-32)34-22-13-28(24-35(34)36)23-26(2)25-37-3/h11-15,22,24,26,29-30,32-33H,4-10,16-21,23,25H2,1-3H3. The number of aryl methyl sites for hydroxylation is 1. The fourth-order valence-corrected chi connectivity index (χ4v) is 7.35. The average molecular weight is 507 g/mol. The third-order valence-corrected chi connectivity index (χ3v) is 9.51. The third-order valence-electron chi connectivity index (χ3n) is 9.51. The molecule has 3 atom stereocenters. The molecule has 204 valence electrons. The van der Waals surface area contributed by atoms with Gasteiger partial charge in [-0.3, -0.25) is 0 Å². The van der Waals surface area contributed by atoms with Crippen molar-refractivity contribution in [3.8, 4) is 0 Å². The number of hydrogen-bond donors (Lipinski definition) is 0. The lowest BCUT2D eigenvalue weighted by atomic mass is 9.71. The molecule has 0 bridgehead atoms. The van der Waals surface area contributed by atoms with E-state index in [-0.39, 0.29) is 5.82 Å². The van der Waals surface area contributed by atoms with E-state index in [1.165, 1.54) is 76.2 Å². The maximum absolute atomic E-state index is 15.1. The van der Waals surface area contributed by atoms with Crippen molar-refractivity contribution in [2.75, 3.05) is 13.7 Å². The van der Waals surface area contributed by atoms with Gasteiger partial charge in [0.15, 0.2) is 0 Å². The van der Waals surface area contributed by atoms with Crippen LogP contribution in [0, 0.1) is 23.6 Å². The highest BCUT2D eigenvalue weighted by Gasteiger charge is 2.31. The maximum atomic E-state index is 15.1. The Morgan fingerprint density at radius 2 is 1.49 bits per heavy atom. The van der Waals surface area contributed by atoms with E-state index in [0.29, 0.717) is 11.8 Å². The van der Waals surface area contributed by atoms with Gasteiger partial charge in [0.1, 0.15) is 5.82 Å². The fourth-order valence-electron chi connectivity index (χ4n) is 7.35. The lowest BCUT2D eigenvalue weighted by molar-refractivity contribution is 0.159. The van der Waals surface area contributed by atoms with E-state index in [1.54, 1.807) is 18.7 Å². The molecular formula is C35H51FO. The molecule has 0 aliphatic heterocycles. The molecule has 2 fully saturated rings. The minimum Gasteiger partial charge on any atom is -0.384 e. The van der Waals surface area contributed by atoms with Crippen molar-refractivity contribution in [2.24, 2.45) is 17.8 Å². The predicted octanol–water partition coefficient (Wildman–Crippen LogP) is 10.0. The third kappa shape index (κ3) is 8.16. The van der Waals surface area contributed by atoms with Crippen molar-refractivity contribution in [2.45, 2.75) is 116 Å². The van der Waals surface area contributed by atoms with E-state index >= 15 is 4.39 Å². The summed E-state index contributed by atoms with van der Waals surface area (Å²) in [4.78, 5) is 0. The zero-order valence-electron chi connectivity index (χ0n) is 23.8. The van der Waals surface area contributed by atoms with Crippen LogP contribution in [0.15, 0.2) is 42.5 Å². The molecule has 0 amide bonds. The van der Waals surface area contributed by atoms with E-state index in [2.05, 4.69) is 50.2 Å². The number of halogens is 1. The summed E-state index contributed by atoms with van der Waals surface area (Å²) in [6.45, 7) is 5.16. The molecule has 2 aliphatic carbocycles. The highest BCUT2D eigenvalue weighted by atomic mass is 19.1. The summed E-state index contributed by atoms with van der Waals surface area (Å²) in [6, 6.07) is 15.7. The molecule has 2 heteroatoms. The molecule has 4 rings (SSSR count). The summed E-state index contributed by atoms with van der Waals surface area (Å²) < 4.78 is 20.3. The first kappa shape index (κ1) is 28.3. The van der Waals surface area contributed by atoms with E-state index in [0.717, 1.165) is 54.7 Å². The number of unbranched alkanes of at least 4 members (excludes halogenated alkanes) is 2. The van der Waals surface area contributed by atoms with Gasteiger partial charge in [-0.25, -0.2) is 4.39 Å². The Balaban J connectivity index is 1.25. The zero-order valence-corrected chi connectivity index (χ0v) is 23.8. The Bertz CT molecular complexity index is 927. The van der Waals surface area contributed by atoms with Crippen molar-refractivity contribution in [3.63, 3.8) is 0 Å². The van der Waals surface area contributed by atoms with Gasteiger partial charge < -0.3 is 4.74 Å². The number of ether oxygens (including phenoxy) is 1.